The lowest BCUT2D eigenvalue weighted by molar-refractivity contribution is -0.0258. The van der Waals surface area contributed by atoms with Gasteiger partial charge in [-0.2, -0.15) is 4.02 Å². The number of amidine groups is 1. The normalized spacial score (nSPS) is 19.8. The van der Waals surface area contributed by atoms with Gasteiger partial charge in [0, 0.05) is 35.1 Å². The summed E-state index contributed by atoms with van der Waals surface area (Å²) in [7, 11) is 0. The molecule has 2 aromatic rings. The number of aromatic hydroxyl groups is 1. The Hall–Kier alpha value is -2.18. The molecule has 6 heteroatoms. The Morgan fingerprint density at radius 3 is 2.03 bits per heavy atom. The third kappa shape index (κ3) is 7.47. The average Bonchev–Trinajstić information content (AvgIpc) is 3.12. The molecule has 0 aliphatic carbocycles. The number of Topliss-reactive ketones (excluding diaryl/α,β-unsaturated/α-hetero) is 1. The standard InChI is InChI=1S/C32H45BrN2O3/c1-30(2,3)25-16-22(17-26(28(25)37)31(4,5)6)27(36)19-35-18-23(20-38-32(7,8)9)24(29(35)34-33)15-21-13-11-10-12-14-21/h10-14,16-17,23-24,37H,15,18-20H2,1-9H3/b34-29-/t23-,24-/m1/s1. The average molecular weight is 586 g/mol. The quantitative estimate of drug-likeness (QED) is 0.342. The first-order chi connectivity index (χ1) is 17.5. The van der Waals surface area contributed by atoms with Gasteiger partial charge in [-0.1, -0.05) is 71.9 Å². The number of phenols is 1. The lowest BCUT2D eigenvalue weighted by atomic mass is 9.78. The molecule has 0 spiro atoms. The topological polar surface area (TPSA) is 62.1 Å². The van der Waals surface area contributed by atoms with Crippen LogP contribution in [0, 0.1) is 11.8 Å². The summed E-state index contributed by atoms with van der Waals surface area (Å²) >= 11 is 3.38. The summed E-state index contributed by atoms with van der Waals surface area (Å²) in [5, 5.41) is 11.1. The van der Waals surface area contributed by atoms with Gasteiger partial charge in [0.2, 0.25) is 0 Å². The number of carbonyl (C=O) groups is 1. The van der Waals surface area contributed by atoms with Gasteiger partial charge in [-0.15, -0.1) is 0 Å². The third-order valence-electron chi connectivity index (χ3n) is 7.18. The van der Waals surface area contributed by atoms with Crippen molar-refractivity contribution in [3.05, 3.63) is 64.7 Å². The van der Waals surface area contributed by atoms with Crippen molar-refractivity contribution in [1.29, 1.82) is 0 Å². The first-order valence-corrected chi connectivity index (χ1v) is 14.2. The van der Waals surface area contributed by atoms with Gasteiger partial charge >= 0.3 is 0 Å². The molecule has 0 radical (unpaired) electrons. The van der Waals surface area contributed by atoms with E-state index in [4.69, 9.17) is 4.74 Å². The zero-order chi connectivity index (χ0) is 28.5. The highest BCUT2D eigenvalue weighted by Gasteiger charge is 2.40. The summed E-state index contributed by atoms with van der Waals surface area (Å²) in [6.07, 6.45) is 0.829. The van der Waals surface area contributed by atoms with E-state index in [1.165, 1.54) is 5.56 Å². The summed E-state index contributed by atoms with van der Waals surface area (Å²) in [6.45, 7) is 20.1. The van der Waals surface area contributed by atoms with E-state index in [9.17, 15) is 9.90 Å². The van der Waals surface area contributed by atoms with Crippen LogP contribution in [0.1, 0.15) is 89.4 Å². The van der Waals surface area contributed by atoms with Crippen LogP contribution in [0.25, 0.3) is 0 Å². The predicted octanol–water partition coefficient (Wildman–Crippen LogP) is 7.48. The molecule has 1 aliphatic heterocycles. The maximum absolute atomic E-state index is 13.8. The van der Waals surface area contributed by atoms with E-state index in [-0.39, 0.29) is 46.3 Å². The Labute approximate surface area is 238 Å². The number of phenolic OH excluding ortho intramolecular Hbond substituents is 1. The number of hydrogen-bond donors (Lipinski definition) is 1. The lowest BCUT2D eigenvalue weighted by Crippen LogP contribution is -2.33. The molecule has 208 valence electrons. The van der Waals surface area contributed by atoms with Crippen molar-refractivity contribution in [3.8, 4) is 5.75 Å². The monoisotopic (exact) mass is 584 g/mol. The summed E-state index contributed by atoms with van der Waals surface area (Å²) in [5.41, 5.74) is 2.61. The van der Waals surface area contributed by atoms with E-state index in [1.807, 2.05) is 18.2 Å². The van der Waals surface area contributed by atoms with Gasteiger partial charge in [0.25, 0.3) is 0 Å². The Balaban J connectivity index is 1.94. The van der Waals surface area contributed by atoms with Gasteiger partial charge in [-0.3, -0.25) is 4.79 Å². The number of hydrogen-bond acceptors (Lipinski definition) is 4. The van der Waals surface area contributed by atoms with Gasteiger partial charge in [0.15, 0.2) is 5.78 Å². The molecular weight excluding hydrogens is 540 g/mol. The number of likely N-dealkylation sites (tertiary alicyclic amines) is 1. The first kappa shape index (κ1) is 30.4. The molecule has 1 saturated heterocycles. The Morgan fingerprint density at radius 1 is 1.00 bits per heavy atom. The van der Waals surface area contributed by atoms with Crippen LogP contribution < -0.4 is 0 Å². The second-order valence-electron chi connectivity index (χ2n) is 13.6. The van der Waals surface area contributed by atoms with Gasteiger partial charge in [0.05, 0.1) is 34.9 Å². The number of benzene rings is 2. The van der Waals surface area contributed by atoms with Crippen molar-refractivity contribution >= 4 is 27.8 Å². The van der Waals surface area contributed by atoms with Crippen molar-refractivity contribution in [1.82, 2.24) is 4.90 Å². The molecule has 1 aliphatic rings. The maximum atomic E-state index is 13.8. The number of ketones is 1. The zero-order valence-corrected chi connectivity index (χ0v) is 26.1. The zero-order valence-electron chi connectivity index (χ0n) is 24.6. The molecular formula is C32H45BrN2O3. The summed E-state index contributed by atoms with van der Waals surface area (Å²) in [4.78, 5) is 15.9. The van der Waals surface area contributed by atoms with E-state index in [0.717, 1.165) is 23.4 Å². The van der Waals surface area contributed by atoms with E-state index >= 15 is 0 Å². The molecule has 1 N–H and O–H groups in total. The number of carbonyl (C=O) groups excluding carboxylic acids is 1. The molecule has 38 heavy (non-hydrogen) atoms. The maximum Gasteiger partial charge on any atom is 0.182 e. The molecule has 3 rings (SSSR count). The highest BCUT2D eigenvalue weighted by atomic mass is 79.9. The number of ether oxygens (including phenoxy) is 1. The summed E-state index contributed by atoms with van der Waals surface area (Å²) < 4.78 is 10.7. The van der Waals surface area contributed by atoms with Crippen molar-refractivity contribution in [2.75, 3.05) is 19.7 Å². The fourth-order valence-corrected chi connectivity index (χ4v) is 5.55. The van der Waals surface area contributed by atoms with Crippen LogP contribution in [0.15, 0.2) is 46.5 Å². The molecule has 5 nitrogen and oxygen atoms in total. The second kappa shape index (κ2) is 11.5. The molecule has 0 amide bonds. The minimum Gasteiger partial charge on any atom is -0.507 e. The first-order valence-electron chi connectivity index (χ1n) is 13.5. The van der Waals surface area contributed by atoms with E-state index < -0.39 is 0 Å². The molecule has 2 aromatic carbocycles. The van der Waals surface area contributed by atoms with Gasteiger partial charge < -0.3 is 14.7 Å². The molecule has 2 atom stereocenters. The molecule has 0 bridgehead atoms. The fraction of sp³-hybridized carbons (Fsp3) is 0.562. The van der Waals surface area contributed by atoms with Gasteiger partial charge in [-0.25, -0.2) is 0 Å². The summed E-state index contributed by atoms with van der Waals surface area (Å²) in [5.74, 6) is 1.52. The largest absolute Gasteiger partial charge is 0.507 e. The van der Waals surface area contributed by atoms with Crippen LogP contribution in [0.4, 0.5) is 0 Å². The SMILES string of the molecule is CC(C)(C)OC[C@H]1CN(CC(=O)c2cc(C(C)(C)C)c(O)c(C(C)(C)C)c2)/C(=N\Br)[C@@H]1Cc1ccccc1. The smallest absolute Gasteiger partial charge is 0.182 e. The Morgan fingerprint density at radius 2 is 1.55 bits per heavy atom. The van der Waals surface area contributed by atoms with Gasteiger partial charge in [-0.05, 0) is 55.7 Å². The molecule has 0 unspecified atom stereocenters. The van der Waals surface area contributed by atoms with Crippen LogP contribution in [0.5, 0.6) is 5.75 Å². The predicted molar refractivity (Wildman–Crippen MR) is 161 cm³/mol. The highest BCUT2D eigenvalue weighted by molar-refractivity contribution is 9.08. The van der Waals surface area contributed by atoms with Crippen molar-refractivity contribution in [2.45, 2.75) is 85.2 Å². The highest BCUT2D eigenvalue weighted by Crippen LogP contribution is 2.40. The van der Waals surface area contributed by atoms with Crippen LogP contribution in [0.2, 0.25) is 0 Å². The number of nitrogens with zero attached hydrogens (tertiary/aromatic N) is 2. The summed E-state index contributed by atoms with van der Waals surface area (Å²) in [6, 6.07) is 14.2. The Kier molecular flexibility index (Phi) is 9.20. The van der Waals surface area contributed by atoms with E-state index in [1.54, 1.807) is 0 Å². The molecule has 0 saturated carbocycles. The second-order valence-corrected chi connectivity index (χ2v) is 14.0. The lowest BCUT2D eigenvalue weighted by Gasteiger charge is -2.28. The van der Waals surface area contributed by atoms with E-state index in [0.29, 0.717) is 18.7 Å². The van der Waals surface area contributed by atoms with Crippen LogP contribution in [0.3, 0.4) is 0 Å². The molecule has 1 heterocycles. The van der Waals surface area contributed by atoms with Crippen LogP contribution in [-0.2, 0) is 22.0 Å². The van der Waals surface area contributed by atoms with E-state index in [2.05, 4.69) is 112 Å². The fourth-order valence-electron chi connectivity index (χ4n) is 5.07. The molecule has 1 fully saturated rings. The van der Waals surface area contributed by atoms with Crippen LogP contribution >= 0.6 is 16.1 Å². The third-order valence-corrected chi connectivity index (χ3v) is 7.54. The van der Waals surface area contributed by atoms with Crippen molar-refractivity contribution in [3.63, 3.8) is 0 Å². The van der Waals surface area contributed by atoms with Crippen LogP contribution in [-0.4, -0.2) is 46.9 Å². The van der Waals surface area contributed by atoms with Crippen molar-refractivity contribution < 1.29 is 14.6 Å². The van der Waals surface area contributed by atoms with Gasteiger partial charge in [0.1, 0.15) is 11.6 Å². The number of rotatable bonds is 7. The minimum atomic E-state index is -0.299. The Bertz CT molecular complexity index is 1120. The minimum absolute atomic E-state index is 0.0190. The van der Waals surface area contributed by atoms with Crippen molar-refractivity contribution in [2.24, 2.45) is 15.9 Å². The molecule has 0 aromatic heterocycles. The number of halogens is 1.